The van der Waals surface area contributed by atoms with E-state index in [-0.39, 0.29) is 5.97 Å². The molecule has 0 heterocycles. The van der Waals surface area contributed by atoms with Gasteiger partial charge in [-0.3, -0.25) is 9.79 Å². The maximum Gasteiger partial charge on any atom is 0.305 e. The maximum atomic E-state index is 11.1. The zero-order valence-electron chi connectivity index (χ0n) is 10.9. The zero-order valence-corrected chi connectivity index (χ0v) is 11.7. The van der Waals surface area contributed by atoms with Gasteiger partial charge >= 0.3 is 5.97 Å². The van der Waals surface area contributed by atoms with Crippen molar-refractivity contribution < 1.29 is 9.53 Å². The molecule has 17 heavy (non-hydrogen) atoms. The third-order valence-corrected chi connectivity index (χ3v) is 2.59. The summed E-state index contributed by atoms with van der Waals surface area (Å²) in [6, 6.07) is 0. The van der Waals surface area contributed by atoms with Crippen molar-refractivity contribution in [3.05, 3.63) is 0 Å². The summed E-state index contributed by atoms with van der Waals surface area (Å²) in [5.41, 5.74) is 0. The Balaban J connectivity index is 3.53. The molecule has 0 bridgehead atoms. The Bertz CT molecular complexity index is 235. The monoisotopic (exact) mass is 261 g/mol. The number of rotatable bonds is 8. The molecule has 0 aliphatic carbocycles. The molecule has 6 heteroatoms. The van der Waals surface area contributed by atoms with Crippen LogP contribution >= 0.6 is 11.8 Å². The van der Waals surface area contributed by atoms with Crippen LogP contribution in [0.4, 0.5) is 0 Å². The van der Waals surface area contributed by atoms with Crippen LogP contribution in [-0.4, -0.2) is 50.7 Å². The standard InChI is InChI=1S/C11H23N3O2S/c1-4-16-10(15)6-5-7-13-11(12-2)14-8-9-17-3/h4-9H2,1-3H3,(H2,12,13,14). The van der Waals surface area contributed by atoms with Gasteiger partial charge in [0.1, 0.15) is 0 Å². The largest absolute Gasteiger partial charge is 0.466 e. The van der Waals surface area contributed by atoms with Gasteiger partial charge in [-0.05, 0) is 19.6 Å². The summed E-state index contributed by atoms with van der Waals surface area (Å²) in [5.74, 6) is 1.69. The Kier molecular flexibility index (Phi) is 11.0. The molecule has 0 saturated heterocycles. The summed E-state index contributed by atoms with van der Waals surface area (Å²) < 4.78 is 4.84. The summed E-state index contributed by atoms with van der Waals surface area (Å²) >= 11 is 1.79. The molecule has 0 aliphatic heterocycles. The molecule has 0 atom stereocenters. The number of ether oxygens (including phenoxy) is 1. The fourth-order valence-electron chi connectivity index (χ4n) is 1.16. The van der Waals surface area contributed by atoms with Crippen molar-refractivity contribution in [2.24, 2.45) is 4.99 Å². The third-order valence-electron chi connectivity index (χ3n) is 1.98. The zero-order chi connectivity index (χ0) is 12.9. The van der Waals surface area contributed by atoms with Gasteiger partial charge in [0, 0.05) is 32.3 Å². The van der Waals surface area contributed by atoms with Crippen LogP contribution in [0.15, 0.2) is 4.99 Å². The van der Waals surface area contributed by atoms with Crippen molar-refractivity contribution in [2.45, 2.75) is 19.8 Å². The summed E-state index contributed by atoms with van der Waals surface area (Å²) in [6.07, 6.45) is 3.27. The quantitative estimate of drug-likeness (QED) is 0.294. The molecule has 0 saturated carbocycles. The summed E-state index contributed by atoms with van der Waals surface area (Å²) in [7, 11) is 1.74. The molecule has 0 aliphatic rings. The lowest BCUT2D eigenvalue weighted by atomic mass is 10.3. The van der Waals surface area contributed by atoms with Gasteiger partial charge in [0.05, 0.1) is 6.61 Å². The predicted octanol–water partition coefficient (Wildman–Crippen LogP) is 0.858. The van der Waals surface area contributed by atoms with Crippen LogP contribution in [0.2, 0.25) is 0 Å². The van der Waals surface area contributed by atoms with Gasteiger partial charge in [-0.1, -0.05) is 0 Å². The number of hydrogen-bond acceptors (Lipinski definition) is 4. The highest BCUT2D eigenvalue weighted by atomic mass is 32.2. The molecule has 0 spiro atoms. The second-order valence-electron chi connectivity index (χ2n) is 3.33. The molecule has 0 radical (unpaired) electrons. The SMILES string of the molecule is CCOC(=O)CCCNC(=NC)NCCSC. The highest BCUT2D eigenvalue weighted by Gasteiger charge is 2.01. The van der Waals surface area contributed by atoms with E-state index in [9.17, 15) is 4.79 Å². The average Bonchev–Trinajstić information content (AvgIpc) is 2.32. The first-order chi connectivity index (χ1) is 8.24. The number of carbonyl (C=O) groups excluding carboxylic acids is 1. The molecular formula is C11H23N3O2S. The van der Waals surface area contributed by atoms with Crippen molar-refractivity contribution >= 4 is 23.7 Å². The minimum atomic E-state index is -0.139. The van der Waals surface area contributed by atoms with Crippen LogP contribution in [0.25, 0.3) is 0 Å². The van der Waals surface area contributed by atoms with Crippen molar-refractivity contribution in [2.75, 3.05) is 38.8 Å². The lowest BCUT2D eigenvalue weighted by Gasteiger charge is -2.10. The first-order valence-electron chi connectivity index (χ1n) is 5.83. The van der Waals surface area contributed by atoms with E-state index in [0.717, 1.165) is 31.2 Å². The lowest BCUT2D eigenvalue weighted by Crippen LogP contribution is -2.38. The van der Waals surface area contributed by atoms with E-state index < -0.39 is 0 Å². The molecule has 2 N–H and O–H groups in total. The van der Waals surface area contributed by atoms with Crippen molar-refractivity contribution in [3.8, 4) is 0 Å². The van der Waals surface area contributed by atoms with Gasteiger partial charge in [-0.25, -0.2) is 0 Å². The fraction of sp³-hybridized carbons (Fsp3) is 0.818. The normalized spacial score (nSPS) is 11.1. The van der Waals surface area contributed by atoms with Crippen molar-refractivity contribution in [1.82, 2.24) is 10.6 Å². The minimum absolute atomic E-state index is 0.139. The van der Waals surface area contributed by atoms with Crippen LogP contribution in [0, 0.1) is 0 Å². The van der Waals surface area contributed by atoms with Crippen molar-refractivity contribution in [3.63, 3.8) is 0 Å². The fourth-order valence-corrected chi connectivity index (χ4v) is 1.47. The van der Waals surface area contributed by atoms with Crippen LogP contribution in [-0.2, 0) is 9.53 Å². The molecule has 0 aromatic heterocycles. The van der Waals surface area contributed by atoms with Crippen molar-refractivity contribution in [1.29, 1.82) is 0 Å². The second kappa shape index (κ2) is 11.6. The van der Waals surface area contributed by atoms with Gasteiger partial charge in [0.15, 0.2) is 5.96 Å². The van der Waals surface area contributed by atoms with E-state index >= 15 is 0 Å². The Hall–Kier alpha value is -0.910. The van der Waals surface area contributed by atoms with Crippen LogP contribution in [0.1, 0.15) is 19.8 Å². The summed E-state index contributed by atoms with van der Waals surface area (Å²) in [6.45, 7) is 3.87. The third kappa shape index (κ3) is 9.99. The Labute approximate surface area is 108 Å². The number of guanidine groups is 1. The second-order valence-corrected chi connectivity index (χ2v) is 4.31. The molecule has 0 amide bonds. The van der Waals surface area contributed by atoms with E-state index in [1.807, 2.05) is 6.92 Å². The first kappa shape index (κ1) is 16.1. The van der Waals surface area contributed by atoms with Gasteiger partial charge in [-0.2, -0.15) is 11.8 Å². The topological polar surface area (TPSA) is 62.7 Å². The van der Waals surface area contributed by atoms with E-state index in [0.29, 0.717) is 13.0 Å². The van der Waals surface area contributed by atoms with E-state index in [1.54, 1.807) is 18.8 Å². The summed E-state index contributed by atoms with van der Waals surface area (Å²) in [4.78, 5) is 15.2. The van der Waals surface area contributed by atoms with E-state index in [4.69, 9.17) is 4.74 Å². The van der Waals surface area contributed by atoms with Crippen LogP contribution in [0.5, 0.6) is 0 Å². The number of esters is 1. The molecule has 5 nitrogen and oxygen atoms in total. The summed E-state index contributed by atoms with van der Waals surface area (Å²) in [5, 5.41) is 6.33. The number of thioether (sulfide) groups is 1. The van der Waals surface area contributed by atoms with Crippen LogP contribution in [0.3, 0.4) is 0 Å². The molecule has 0 unspecified atom stereocenters. The molecule has 0 aromatic carbocycles. The van der Waals surface area contributed by atoms with E-state index in [1.165, 1.54) is 0 Å². The predicted molar refractivity (Wildman–Crippen MR) is 73.6 cm³/mol. The lowest BCUT2D eigenvalue weighted by molar-refractivity contribution is -0.143. The molecule has 0 rings (SSSR count). The Morgan fingerprint density at radius 2 is 2.06 bits per heavy atom. The molecule has 100 valence electrons. The molecule has 0 aromatic rings. The maximum absolute atomic E-state index is 11.1. The highest BCUT2D eigenvalue weighted by molar-refractivity contribution is 7.98. The molecule has 0 fully saturated rings. The number of nitrogens with one attached hydrogen (secondary N) is 2. The Morgan fingerprint density at radius 1 is 1.35 bits per heavy atom. The van der Waals surface area contributed by atoms with Gasteiger partial charge in [0.2, 0.25) is 0 Å². The van der Waals surface area contributed by atoms with Crippen LogP contribution < -0.4 is 10.6 Å². The number of carbonyl (C=O) groups is 1. The van der Waals surface area contributed by atoms with Gasteiger partial charge < -0.3 is 15.4 Å². The first-order valence-corrected chi connectivity index (χ1v) is 7.23. The highest BCUT2D eigenvalue weighted by Crippen LogP contribution is 1.91. The number of aliphatic imine (C=N–C) groups is 1. The number of hydrogen-bond donors (Lipinski definition) is 2. The Morgan fingerprint density at radius 3 is 2.65 bits per heavy atom. The minimum Gasteiger partial charge on any atom is -0.466 e. The molecular weight excluding hydrogens is 238 g/mol. The number of nitrogens with zero attached hydrogens (tertiary/aromatic N) is 1. The van der Waals surface area contributed by atoms with E-state index in [2.05, 4.69) is 21.9 Å². The van der Waals surface area contributed by atoms with Gasteiger partial charge in [-0.15, -0.1) is 0 Å². The van der Waals surface area contributed by atoms with Gasteiger partial charge in [0.25, 0.3) is 0 Å². The smallest absolute Gasteiger partial charge is 0.305 e. The average molecular weight is 261 g/mol.